The Balaban J connectivity index is 2.71. The standard InChI is InChI=1S/C13H10FNO4/c1-19-7-2-3-11(14)8(4-7)10-6-15-12(16)5-9(10)13(17)18/h2-6H,1H3,(H,15,16)(H,17,18). The van der Waals surface area contributed by atoms with Gasteiger partial charge < -0.3 is 14.8 Å². The van der Waals surface area contributed by atoms with Crippen LogP contribution in [-0.2, 0) is 0 Å². The van der Waals surface area contributed by atoms with Gasteiger partial charge in [-0.2, -0.15) is 0 Å². The number of carboxylic acids is 1. The first-order valence-electron chi connectivity index (χ1n) is 5.33. The summed E-state index contributed by atoms with van der Waals surface area (Å²) in [6, 6.07) is 4.88. The summed E-state index contributed by atoms with van der Waals surface area (Å²) >= 11 is 0. The Labute approximate surface area is 107 Å². The van der Waals surface area contributed by atoms with Crippen molar-refractivity contribution < 1.29 is 19.0 Å². The van der Waals surface area contributed by atoms with Gasteiger partial charge in [0, 0.05) is 23.4 Å². The van der Waals surface area contributed by atoms with E-state index in [-0.39, 0.29) is 16.7 Å². The predicted molar refractivity (Wildman–Crippen MR) is 66.0 cm³/mol. The van der Waals surface area contributed by atoms with Crippen molar-refractivity contribution in [3.8, 4) is 16.9 Å². The van der Waals surface area contributed by atoms with E-state index in [0.717, 1.165) is 6.07 Å². The summed E-state index contributed by atoms with van der Waals surface area (Å²) in [5.41, 5.74) is -0.697. The highest BCUT2D eigenvalue weighted by Crippen LogP contribution is 2.28. The molecule has 0 spiro atoms. The van der Waals surface area contributed by atoms with E-state index in [1.54, 1.807) is 0 Å². The lowest BCUT2D eigenvalue weighted by atomic mass is 10.0. The fraction of sp³-hybridized carbons (Fsp3) is 0.0769. The van der Waals surface area contributed by atoms with Crippen LogP contribution in [0, 0.1) is 5.82 Å². The van der Waals surface area contributed by atoms with Crippen LogP contribution in [0.2, 0.25) is 0 Å². The molecule has 0 saturated carbocycles. The third-order valence-electron chi connectivity index (χ3n) is 2.62. The van der Waals surface area contributed by atoms with Crippen LogP contribution >= 0.6 is 0 Å². The molecular formula is C13H10FNO4. The van der Waals surface area contributed by atoms with Crippen LogP contribution in [0.5, 0.6) is 5.75 Å². The van der Waals surface area contributed by atoms with E-state index in [0.29, 0.717) is 5.75 Å². The topological polar surface area (TPSA) is 79.4 Å². The van der Waals surface area contributed by atoms with Gasteiger partial charge in [0.05, 0.1) is 12.7 Å². The molecule has 0 atom stereocenters. The fourth-order valence-electron chi connectivity index (χ4n) is 1.71. The van der Waals surface area contributed by atoms with E-state index in [4.69, 9.17) is 9.84 Å². The number of carbonyl (C=O) groups is 1. The maximum atomic E-state index is 13.8. The zero-order valence-electron chi connectivity index (χ0n) is 9.94. The molecule has 0 saturated heterocycles. The summed E-state index contributed by atoms with van der Waals surface area (Å²) in [7, 11) is 1.42. The lowest BCUT2D eigenvalue weighted by Gasteiger charge is -2.08. The van der Waals surface area contributed by atoms with E-state index >= 15 is 0 Å². The molecule has 6 heteroatoms. The monoisotopic (exact) mass is 263 g/mol. The number of rotatable bonds is 3. The number of aromatic nitrogens is 1. The van der Waals surface area contributed by atoms with Crippen LogP contribution in [-0.4, -0.2) is 23.2 Å². The smallest absolute Gasteiger partial charge is 0.336 e. The second-order valence-corrected chi connectivity index (χ2v) is 3.78. The van der Waals surface area contributed by atoms with Crippen LogP contribution < -0.4 is 10.3 Å². The Morgan fingerprint density at radius 3 is 2.68 bits per heavy atom. The molecular weight excluding hydrogens is 253 g/mol. The SMILES string of the molecule is COc1ccc(F)c(-c2c[nH]c(=O)cc2C(=O)O)c1. The third kappa shape index (κ3) is 2.47. The van der Waals surface area contributed by atoms with Gasteiger partial charge in [0.15, 0.2) is 0 Å². The Hall–Kier alpha value is -2.63. The van der Waals surface area contributed by atoms with Gasteiger partial charge in [-0.3, -0.25) is 4.79 Å². The van der Waals surface area contributed by atoms with Crippen molar-refractivity contribution in [1.82, 2.24) is 4.98 Å². The summed E-state index contributed by atoms with van der Waals surface area (Å²) in [5.74, 6) is -1.52. The molecule has 0 amide bonds. The zero-order chi connectivity index (χ0) is 14.0. The number of halogens is 1. The molecule has 0 fully saturated rings. The fourth-order valence-corrected chi connectivity index (χ4v) is 1.71. The summed E-state index contributed by atoms with van der Waals surface area (Å²) in [6.07, 6.45) is 1.17. The van der Waals surface area contributed by atoms with E-state index < -0.39 is 17.3 Å². The first kappa shape index (κ1) is 12.8. The largest absolute Gasteiger partial charge is 0.497 e. The molecule has 0 bridgehead atoms. The van der Waals surface area contributed by atoms with Gasteiger partial charge >= 0.3 is 5.97 Å². The van der Waals surface area contributed by atoms with Crippen LogP contribution in [0.25, 0.3) is 11.1 Å². The van der Waals surface area contributed by atoms with Gasteiger partial charge in [-0.15, -0.1) is 0 Å². The molecule has 0 aliphatic heterocycles. The van der Waals surface area contributed by atoms with Gasteiger partial charge in [0.25, 0.3) is 0 Å². The summed E-state index contributed by atoms with van der Waals surface area (Å²) in [6.45, 7) is 0. The number of methoxy groups -OCH3 is 1. The van der Waals surface area contributed by atoms with E-state index in [1.165, 1.54) is 31.5 Å². The van der Waals surface area contributed by atoms with E-state index in [1.807, 2.05) is 0 Å². The van der Waals surface area contributed by atoms with Crippen molar-refractivity contribution >= 4 is 5.97 Å². The quantitative estimate of drug-likeness (QED) is 0.886. The molecule has 1 aromatic carbocycles. The molecule has 2 N–H and O–H groups in total. The minimum absolute atomic E-state index is 0.0491. The van der Waals surface area contributed by atoms with Crippen LogP contribution in [0.3, 0.4) is 0 Å². The van der Waals surface area contributed by atoms with Crippen molar-refractivity contribution in [3.63, 3.8) is 0 Å². The Morgan fingerprint density at radius 2 is 2.05 bits per heavy atom. The maximum Gasteiger partial charge on any atom is 0.336 e. The summed E-state index contributed by atoms with van der Waals surface area (Å²) < 4.78 is 18.8. The molecule has 0 aliphatic rings. The first-order chi connectivity index (χ1) is 9.02. The number of aromatic carboxylic acids is 1. The molecule has 1 aromatic heterocycles. The van der Waals surface area contributed by atoms with Crippen molar-refractivity contribution in [2.75, 3.05) is 7.11 Å². The number of hydrogen-bond donors (Lipinski definition) is 2. The van der Waals surface area contributed by atoms with Crippen LogP contribution in [0.1, 0.15) is 10.4 Å². The van der Waals surface area contributed by atoms with Crippen molar-refractivity contribution in [3.05, 3.63) is 52.2 Å². The highest BCUT2D eigenvalue weighted by Gasteiger charge is 2.16. The van der Waals surface area contributed by atoms with Gasteiger partial charge in [-0.1, -0.05) is 0 Å². The number of benzene rings is 1. The normalized spacial score (nSPS) is 10.2. The summed E-state index contributed by atoms with van der Waals surface area (Å²) in [5, 5.41) is 9.06. The lowest BCUT2D eigenvalue weighted by molar-refractivity contribution is 0.0697. The number of pyridine rings is 1. The van der Waals surface area contributed by atoms with Gasteiger partial charge in [0.1, 0.15) is 11.6 Å². The molecule has 2 aromatic rings. The molecule has 2 rings (SSSR count). The molecule has 19 heavy (non-hydrogen) atoms. The highest BCUT2D eigenvalue weighted by atomic mass is 19.1. The van der Waals surface area contributed by atoms with Crippen molar-refractivity contribution in [1.29, 1.82) is 0 Å². The molecule has 0 aliphatic carbocycles. The molecule has 0 radical (unpaired) electrons. The molecule has 98 valence electrons. The molecule has 0 unspecified atom stereocenters. The maximum absolute atomic E-state index is 13.8. The Morgan fingerprint density at radius 1 is 1.32 bits per heavy atom. The number of hydrogen-bond acceptors (Lipinski definition) is 3. The lowest BCUT2D eigenvalue weighted by Crippen LogP contribution is -2.10. The van der Waals surface area contributed by atoms with Crippen molar-refractivity contribution in [2.24, 2.45) is 0 Å². The average molecular weight is 263 g/mol. The highest BCUT2D eigenvalue weighted by molar-refractivity contribution is 5.95. The van der Waals surface area contributed by atoms with E-state index in [2.05, 4.69) is 4.98 Å². The second-order valence-electron chi connectivity index (χ2n) is 3.78. The summed E-state index contributed by atoms with van der Waals surface area (Å²) in [4.78, 5) is 24.6. The van der Waals surface area contributed by atoms with Crippen molar-refractivity contribution in [2.45, 2.75) is 0 Å². The number of aromatic amines is 1. The predicted octanol–water partition coefficient (Wildman–Crippen LogP) is 1.89. The molecule has 5 nitrogen and oxygen atoms in total. The average Bonchev–Trinajstić information content (AvgIpc) is 2.39. The number of nitrogens with one attached hydrogen (secondary N) is 1. The second kappa shape index (κ2) is 4.93. The van der Waals surface area contributed by atoms with E-state index in [9.17, 15) is 14.0 Å². The van der Waals surface area contributed by atoms with Gasteiger partial charge in [-0.25, -0.2) is 9.18 Å². The minimum atomic E-state index is -1.30. The number of H-pyrrole nitrogens is 1. The zero-order valence-corrected chi connectivity index (χ0v) is 9.94. The molecule has 1 heterocycles. The minimum Gasteiger partial charge on any atom is -0.497 e. The Bertz CT molecular complexity index is 693. The van der Waals surface area contributed by atoms with Gasteiger partial charge in [-0.05, 0) is 18.2 Å². The number of ether oxygens (including phenoxy) is 1. The van der Waals surface area contributed by atoms with Crippen LogP contribution in [0.15, 0.2) is 35.3 Å². The third-order valence-corrected chi connectivity index (χ3v) is 2.62. The van der Waals surface area contributed by atoms with Crippen LogP contribution in [0.4, 0.5) is 4.39 Å². The Kier molecular flexibility index (Phi) is 3.33. The first-order valence-corrected chi connectivity index (χ1v) is 5.33. The number of carboxylic acid groups (broad SMARTS) is 1. The van der Waals surface area contributed by atoms with Gasteiger partial charge in [0.2, 0.25) is 5.56 Å².